The van der Waals surface area contributed by atoms with Gasteiger partial charge in [-0.2, -0.15) is 0 Å². The van der Waals surface area contributed by atoms with E-state index in [1.165, 1.54) is 0 Å². The Morgan fingerprint density at radius 2 is 2.14 bits per heavy atom. The number of allylic oxidation sites excluding steroid dienone is 2. The number of phenolic OH excluding ortho intramolecular Hbond substituents is 1. The molecule has 0 bridgehead atoms. The van der Waals surface area contributed by atoms with E-state index in [9.17, 15) is 19.8 Å². The molecule has 1 aromatic rings. The van der Waals surface area contributed by atoms with Gasteiger partial charge >= 0.3 is 0 Å². The van der Waals surface area contributed by atoms with E-state index in [0.29, 0.717) is 52.9 Å². The first-order chi connectivity index (χ1) is 16.7. The van der Waals surface area contributed by atoms with Gasteiger partial charge in [-0.05, 0) is 61.8 Å². The predicted molar refractivity (Wildman–Crippen MR) is 130 cm³/mol. The van der Waals surface area contributed by atoms with E-state index in [2.05, 4.69) is 18.4 Å². The van der Waals surface area contributed by atoms with Gasteiger partial charge in [-0.25, -0.2) is 0 Å². The maximum atomic E-state index is 13.7. The summed E-state index contributed by atoms with van der Waals surface area (Å²) in [4.78, 5) is 28.1. The summed E-state index contributed by atoms with van der Waals surface area (Å²) in [5.74, 6) is -0.987. The zero-order valence-corrected chi connectivity index (χ0v) is 20.5. The first-order valence-electron chi connectivity index (χ1n) is 12.4. The van der Waals surface area contributed by atoms with Gasteiger partial charge < -0.3 is 20.7 Å². The molecular weight excluding hydrogens is 468 g/mol. The zero-order valence-electron chi connectivity index (χ0n) is 19.7. The van der Waals surface area contributed by atoms with Crippen LogP contribution in [-0.2, 0) is 22.5 Å². The van der Waals surface area contributed by atoms with Crippen LogP contribution in [0.3, 0.4) is 0 Å². The highest BCUT2D eigenvalue weighted by atomic mass is 35.5. The number of aliphatic hydroxyl groups excluding tert-OH is 1. The molecule has 2 saturated heterocycles. The van der Waals surface area contributed by atoms with Crippen molar-refractivity contribution < 1.29 is 24.5 Å². The molecule has 7 nitrogen and oxygen atoms in total. The van der Waals surface area contributed by atoms with Crippen LogP contribution in [0.2, 0.25) is 5.02 Å². The summed E-state index contributed by atoms with van der Waals surface area (Å²) in [6, 6.07) is 2.14. The third-order valence-electron chi connectivity index (χ3n) is 8.76. The summed E-state index contributed by atoms with van der Waals surface area (Å²) in [6.07, 6.45) is 4.70. The maximum Gasteiger partial charge on any atom is 0.252 e. The largest absolute Gasteiger partial charge is 0.511 e. The molecule has 2 aliphatic heterocycles. The SMILES string of the molecule is C=C1C(C(N)=O)=C(O)C[C@@H]2C[C@@H]3Cc4c(Cl)c(CN5CCCC5CC)cc(O)c4C(=O)C3=C3O[C@]132. The highest BCUT2D eigenvalue weighted by Gasteiger charge is 2.69. The summed E-state index contributed by atoms with van der Waals surface area (Å²) in [5, 5.41) is 22.0. The molecule has 35 heavy (non-hydrogen) atoms. The lowest BCUT2D eigenvalue weighted by Gasteiger charge is -2.37. The summed E-state index contributed by atoms with van der Waals surface area (Å²) < 4.78 is 6.06. The predicted octanol–water partition coefficient (Wildman–Crippen LogP) is 4.08. The molecule has 0 aromatic heterocycles. The van der Waals surface area contributed by atoms with E-state index in [1.807, 2.05) is 0 Å². The number of hydrogen-bond donors (Lipinski definition) is 3. The van der Waals surface area contributed by atoms with E-state index < -0.39 is 11.5 Å². The Morgan fingerprint density at radius 3 is 2.86 bits per heavy atom. The van der Waals surface area contributed by atoms with Gasteiger partial charge in [-0.15, -0.1) is 0 Å². The number of Topliss-reactive ketones (excluding diaryl/α,β-unsaturated/α-hetero) is 1. The number of nitrogens with zero attached hydrogens (tertiary/aromatic N) is 1. The lowest BCUT2D eigenvalue weighted by atomic mass is 9.62. The summed E-state index contributed by atoms with van der Waals surface area (Å²) in [5.41, 5.74) is 7.11. The number of aromatic hydroxyl groups is 1. The number of ether oxygens (including phenoxy) is 1. The summed E-state index contributed by atoms with van der Waals surface area (Å²) >= 11 is 6.90. The number of ketones is 1. The average molecular weight is 497 g/mol. The van der Waals surface area contributed by atoms with Gasteiger partial charge in [0.25, 0.3) is 5.91 Å². The lowest BCUT2D eigenvalue weighted by Crippen LogP contribution is -2.41. The Morgan fingerprint density at radius 1 is 1.37 bits per heavy atom. The van der Waals surface area contributed by atoms with Crippen molar-refractivity contribution in [3.8, 4) is 5.75 Å². The monoisotopic (exact) mass is 496 g/mol. The second-order valence-corrected chi connectivity index (χ2v) is 10.9. The molecule has 0 saturated carbocycles. The number of aliphatic hydroxyl groups is 1. The molecule has 1 aromatic carbocycles. The number of amides is 1. The molecule has 2 heterocycles. The number of primary amides is 1. The second-order valence-electron chi connectivity index (χ2n) is 10.5. The van der Waals surface area contributed by atoms with Crippen molar-refractivity contribution in [2.24, 2.45) is 17.6 Å². The van der Waals surface area contributed by atoms with Crippen molar-refractivity contribution in [1.82, 2.24) is 4.90 Å². The van der Waals surface area contributed by atoms with Crippen LogP contribution in [0.5, 0.6) is 5.75 Å². The van der Waals surface area contributed by atoms with Crippen molar-refractivity contribution in [3.05, 3.63) is 62.6 Å². The minimum absolute atomic E-state index is 0.0122. The quantitative estimate of drug-likeness (QED) is 0.541. The van der Waals surface area contributed by atoms with Crippen LogP contribution in [-0.4, -0.2) is 45.0 Å². The lowest BCUT2D eigenvalue weighted by molar-refractivity contribution is -0.114. The third kappa shape index (κ3) is 3.01. The van der Waals surface area contributed by atoms with Crippen LogP contribution in [0.25, 0.3) is 0 Å². The van der Waals surface area contributed by atoms with Crippen molar-refractivity contribution >= 4 is 23.3 Å². The number of phenols is 1. The van der Waals surface area contributed by atoms with Crippen LogP contribution in [0.1, 0.15) is 60.5 Å². The number of likely N-dealkylation sites (tertiary alicyclic amines) is 1. The molecule has 1 amide bonds. The molecular formula is C27H29ClN2O5. The van der Waals surface area contributed by atoms with Crippen LogP contribution in [0.15, 0.2) is 40.9 Å². The zero-order chi connectivity index (χ0) is 24.8. The number of nitrogens with two attached hydrogens (primary N) is 1. The smallest absolute Gasteiger partial charge is 0.252 e. The van der Waals surface area contributed by atoms with Gasteiger partial charge in [0.2, 0.25) is 0 Å². The average Bonchev–Trinajstić information content (AvgIpc) is 3.40. The van der Waals surface area contributed by atoms with Gasteiger partial charge in [-0.1, -0.05) is 25.1 Å². The highest BCUT2D eigenvalue weighted by Crippen LogP contribution is 2.66. The Hall–Kier alpha value is -2.77. The number of hydrogen-bond acceptors (Lipinski definition) is 6. The van der Waals surface area contributed by atoms with Gasteiger partial charge in [0.15, 0.2) is 17.1 Å². The van der Waals surface area contributed by atoms with Gasteiger partial charge in [-0.3, -0.25) is 14.5 Å². The van der Waals surface area contributed by atoms with Crippen molar-refractivity contribution in [2.75, 3.05) is 6.54 Å². The number of carbonyl (C=O) groups is 2. The fourth-order valence-corrected chi connectivity index (χ4v) is 7.37. The molecule has 6 rings (SSSR count). The van der Waals surface area contributed by atoms with Gasteiger partial charge in [0, 0.05) is 41.1 Å². The fraction of sp³-hybridized carbons (Fsp3) is 0.481. The number of epoxide rings is 1. The molecule has 5 aliphatic rings. The molecule has 3 aliphatic carbocycles. The number of fused-ring (bicyclic) bond motifs is 2. The first kappa shape index (κ1) is 22.7. The number of benzene rings is 1. The second kappa shape index (κ2) is 7.61. The first-order valence-corrected chi connectivity index (χ1v) is 12.7. The van der Waals surface area contributed by atoms with E-state index in [-0.39, 0.29) is 46.7 Å². The van der Waals surface area contributed by atoms with E-state index in [1.54, 1.807) is 6.07 Å². The Balaban J connectivity index is 1.39. The van der Waals surface area contributed by atoms with Gasteiger partial charge in [0.1, 0.15) is 11.5 Å². The van der Waals surface area contributed by atoms with E-state index in [4.69, 9.17) is 22.1 Å². The molecule has 184 valence electrons. The highest BCUT2D eigenvalue weighted by molar-refractivity contribution is 6.33. The summed E-state index contributed by atoms with van der Waals surface area (Å²) in [6.45, 7) is 7.85. The van der Waals surface area contributed by atoms with Crippen molar-refractivity contribution in [2.45, 2.75) is 63.6 Å². The third-order valence-corrected chi connectivity index (χ3v) is 9.23. The van der Waals surface area contributed by atoms with Crippen LogP contribution in [0.4, 0.5) is 0 Å². The van der Waals surface area contributed by atoms with Crippen LogP contribution in [0, 0.1) is 11.8 Å². The normalized spacial score (nSPS) is 31.5. The van der Waals surface area contributed by atoms with Crippen LogP contribution < -0.4 is 5.73 Å². The summed E-state index contributed by atoms with van der Waals surface area (Å²) in [7, 11) is 0. The molecule has 8 heteroatoms. The Kier molecular flexibility index (Phi) is 4.93. The molecule has 4 atom stereocenters. The fourth-order valence-electron chi connectivity index (χ4n) is 7.09. The Labute approximate surface area is 208 Å². The molecule has 1 unspecified atom stereocenters. The minimum Gasteiger partial charge on any atom is -0.511 e. The Bertz CT molecular complexity index is 1280. The minimum atomic E-state index is -0.972. The van der Waals surface area contributed by atoms with Crippen molar-refractivity contribution in [3.63, 3.8) is 0 Å². The molecule has 0 radical (unpaired) electrons. The van der Waals surface area contributed by atoms with Crippen LogP contribution >= 0.6 is 11.6 Å². The molecule has 2 fully saturated rings. The van der Waals surface area contributed by atoms with E-state index in [0.717, 1.165) is 31.4 Å². The van der Waals surface area contributed by atoms with E-state index >= 15 is 0 Å². The molecule has 1 spiro atoms. The topological polar surface area (TPSA) is 116 Å². The number of halogens is 1. The number of carbonyl (C=O) groups excluding carboxylic acids is 2. The van der Waals surface area contributed by atoms with Crippen molar-refractivity contribution in [1.29, 1.82) is 0 Å². The van der Waals surface area contributed by atoms with Gasteiger partial charge in [0.05, 0.1) is 11.1 Å². The standard InChI is InChI=1S/C27H29ClN2O5/c1-3-16-5-4-6-30(16)11-14-9-18(31)22-17(23(14)28)8-13-7-15-10-19(32)20(26(29)34)12(2)27(15)25(35-27)21(13)24(22)33/h9,13,15-16,31-32H,2-8,10-11H2,1H3,(H2,29,34)/t13-,15+,16?,27+/m1/s1. The number of rotatable bonds is 4. The molecule has 4 N–H and O–H groups in total. The maximum absolute atomic E-state index is 13.7.